The zero-order valence-corrected chi connectivity index (χ0v) is 11.0. The second-order valence-electron chi connectivity index (χ2n) is 3.95. The molecule has 20 heavy (non-hydrogen) atoms. The fraction of sp³-hybridized carbons (Fsp3) is 0.0714. The van der Waals surface area contributed by atoms with E-state index in [1.54, 1.807) is 24.3 Å². The van der Waals surface area contributed by atoms with Crippen LogP contribution in [0.25, 0.3) is 0 Å². The molecule has 0 saturated heterocycles. The number of nitrogens with zero attached hydrogens (tertiary/aromatic N) is 1. The van der Waals surface area contributed by atoms with E-state index in [1.165, 1.54) is 12.3 Å². The van der Waals surface area contributed by atoms with Crippen molar-refractivity contribution in [3.8, 4) is 6.07 Å². The third-order valence-corrected chi connectivity index (χ3v) is 2.83. The van der Waals surface area contributed by atoms with Crippen molar-refractivity contribution in [3.63, 3.8) is 0 Å². The maximum atomic E-state index is 11.7. The number of hydrogen-bond acceptors (Lipinski definition) is 4. The van der Waals surface area contributed by atoms with Gasteiger partial charge in [-0.2, -0.15) is 5.26 Å². The van der Waals surface area contributed by atoms with Crippen molar-refractivity contribution < 1.29 is 9.53 Å². The molecule has 0 spiro atoms. The Morgan fingerprint density at radius 3 is 2.65 bits per heavy atom. The Kier molecular flexibility index (Phi) is 4.18. The van der Waals surface area contributed by atoms with E-state index in [4.69, 9.17) is 21.6 Å². The van der Waals surface area contributed by atoms with Crippen molar-refractivity contribution in [2.45, 2.75) is 6.61 Å². The first-order valence-corrected chi connectivity index (χ1v) is 6.02. The van der Waals surface area contributed by atoms with Gasteiger partial charge in [-0.05, 0) is 23.8 Å². The van der Waals surface area contributed by atoms with Gasteiger partial charge in [0.15, 0.2) is 0 Å². The van der Waals surface area contributed by atoms with Crippen LogP contribution in [0.1, 0.15) is 21.5 Å². The lowest BCUT2D eigenvalue weighted by Crippen LogP contribution is -2.11. The molecule has 0 unspecified atom stereocenters. The Morgan fingerprint density at radius 2 is 2.05 bits per heavy atom. The number of aromatic amines is 1. The molecule has 0 aliphatic heterocycles. The predicted octanol–water partition coefficient (Wildman–Crippen LogP) is 2.26. The summed E-state index contributed by atoms with van der Waals surface area (Å²) in [4.78, 5) is 25.2. The second-order valence-corrected chi connectivity index (χ2v) is 4.36. The number of nitriles is 1. The van der Waals surface area contributed by atoms with Crippen LogP contribution in [-0.2, 0) is 11.3 Å². The number of halogens is 1. The molecule has 0 fully saturated rings. The van der Waals surface area contributed by atoms with Gasteiger partial charge in [0.1, 0.15) is 11.6 Å². The molecule has 2 rings (SSSR count). The molecule has 0 aliphatic rings. The van der Waals surface area contributed by atoms with Crippen LogP contribution < -0.4 is 5.56 Å². The third kappa shape index (κ3) is 3.25. The molecule has 1 heterocycles. The number of nitrogens with one attached hydrogen (secondary N) is 1. The molecule has 0 bridgehead atoms. The van der Waals surface area contributed by atoms with Crippen LogP contribution in [0.4, 0.5) is 0 Å². The van der Waals surface area contributed by atoms with Crippen LogP contribution >= 0.6 is 11.6 Å². The minimum absolute atomic E-state index is 0.0707. The lowest BCUT2D eigenvalue weighted by molar-refractivity contribution is 0.0472. The number of ether oxygens (including phenoxy) is 1. The zero-order valence-electron chi connectivity index (χ0n) is 10.2. The van der Waals surface area contributed by atoms with Gasteiger partial charge in [-0.1, -0.05) is 23.7 Å². The monoisotopic (exact) mass is 288 g/mol. The van der Waals surface area contributed by atoms with Gasteiger partial charge in [0.2, 0.25) is 0 Å². The van der Waals surface area contributed by atoms with Crippen molar-refractivity contribution in [1.29, 1.82) is 5.26 Å². The first kappa shape index (κ1) is 13.8. The summed E-state index contributed by atoms with van der Waals surface area (Å²) in [6, 6.07) is 9.93. The smallest absolute Gasteiger partial charge is 0.340 e. The average molecular weight is 289 g/mol. The number of benzene rings is 1. The van der Waals surface area contributed by atoms with Gasteiger partial charge in [0.05, 0.1) is 17.2 Å². The van der Waals surface area contributed by atoms with Crippen molar-refractivity contribution in [1.82, 2.24) is 4.98 Å². The van der Waals surface area contributed by atoms with Crippen LogP contribution in [0.15, 0.2) is 41.3 Å². The molecule has 5 nitrogen and oxygen atoms in total. The van der Waals surface area contributed by atoms with Crippen molar-refractivity contribution >= 4 is 17.6 Å². The highest BCUT2D eigenvalue weighted by Gasteiger charge is 2.09. The molecule has 1 aromatic carbocycles. The highest BCUT2D eigenvalue weighted by molar-refractivity contribution is 6.30. The van der Waals surface area contributed by atoms with E-state index in [-0.39, 0.29) is 17.2 Å². The predicted molar refractivity (Wildman–Crippen MR) is 72.3 cm³/mol. The fourth-order valence-electron chi connectivity index (χ4n) is 1.48. The van der Waals surface area contributed by atoms with E-state index < -0.39 is 11.5 Å². The topological polar surface area (TPSA) is 82.9 Å². The molecular weight excluding hydrogens is 280 g/mol. The summed E-state index contributed by atoms with van der Waals surface area (Å²) < 4.78 is 5.08. The lowest BCUT2D eigenvalue weighted by atomic mass is 10.1. The molecule has 1 aromatic heterocycles. The number of hydrogen-bond donors (Lipinski definition) is 1. The number of aromatic nitrogens is 1. The summed E-state index contributed by atoms with van der Waals surface area (Å²) in [6.07, 6.45) is 1.25. The highest BCUT2D eigenvalue weighted by Crippen LogP contribution is 2.09. The van der Waals surface area contributed by atoms with Gasteiger partial charge in [-0.25, -0.2) is 4.79 Å². The van der Waals surface area contributed by atoms with E-state index in [2.05, 4.69) is 4.98 Å². The standard InChI is InChI=1S/C14H9ClN2O3/c15-12-5-11(7-17-13(12)18)14(19)20-8-10-3-1-9(6-16)2-4-10/h1-5,7H,8H2,(H,17,18). The molecule has 6 heteroatoms. The fourth-order valence-corrected chi connectivity index (χ4v) is 1.65. The van der Waals surface area contributed by atoms with Gasteiger partial charge < -0.3 is 9.72 Å². The SMILES string of the molecule is N#Cc1ccc(COC(=O)c2c[nH]c(=O)c(Cl)c2)cc1. The summed E-state index contributed by atoms with van der Waals surface area (Å²) in [5, 5.41) is 8.60. The Bertz CT molecular complexity index is 729. The number of H-pyrrole nitrogens is 1. The summed E-state index contributed by atoms with van der Waals surface area (Å²) in [6.45, 7) is 0.0707. The van der Waals surface area contributed by atoms with Crippen LogP contribution in [0.2, 0.25) is 5.02 Å². The zero-order chi connectivity index (χ0) is 14.5. The maximum absolute atomic E-state index is 11.7. The molecule has 0 atom stereocenters. The summed E-state index contributed by atoms with van der Waals surface area (Å²) >= 11 is 5.63. The largest absolute Gasteiger partial charge is 0.457 e. The van der Waals surface area contributed by atoms with Gasteiger partial charge in [-0.15, -0.1) is 0 Å². The van der Waals surface area contributed by atoms with Gasteiger partial charge in [-0.3, -0.25) is 4.79 Å². The maximum Gasteiger partial charge on any atom is 0.340 e. The summed E-state index contributed by atoms with van der Waals surface area (Å²) in [5.74, 6) is -0.590. The number of carbonyl (C=O) groups is 1. The Hall–Kier alpha value is -2.58. The molecule has 100 valence electrons. The Balaban J connectivity index is 2.02. The molecule has 0 radical (unpaired) electrons. The highest BCUT2D eigenvalue weighted by atomic mass is 35.5. The molecule has 2 aromatic rings. The minimum Gasteiger partial charge on any atom is -0.457 e. The van der Waals surface area contributed by atoms with Crippen LogP contribution in [0.3, 0.4) is 0 Å². The average Bonchev–Trinajstić information content (AvgIpc) is 2.48. The summed E-state index contributed by atoms with van der Waals surface area (Å²) in [5.41, 5.74) is 0.999. The van der Waals surface area contributed by atoms with Crippen molar-refractivity contribution in [3.05, 3.63) is 68.6 Å². The molecule has 0 aliphatic carbocycles. The normalized spacial score (nSPS) is 9.80. The number of carbonyl (C=O) groups excluding carboxylic acids is 1. The van der Waals surface area contributed by atoms with E-state index in [0.717, 1.165) is 5.56 Å². The van der Waals surface area contributed by atoms with Crippen LogP contribution in [0, 0.1) is 11.3 Å². The Labute approximate surface area is 119 Å². The minimum atomic E-state index is -0.590. The van der Waals surface area contributed by atoms with Gasteiger partial charge >= 0.3 is 5.97 Å². The molecule has 1 N–H and O–H groups in total. The summed E-state index contributed by atoms with van der Waals surface area (Å²) in [7, 11) is 0. The first-order valence-electron chi connectivity index (χ1n) is 5.64. The van der Waals surface area contributed by atoms with Gasteiger partial charge in [0, 0.05) is 6.20 Å². The lowest BCUT2D eigenvalue weighted by Gasteiger charge is -2.05. The van der Waals surface area contributed by atoms with Crippen molar-refractivity contribution in [2.24, 2.45) is 0 Å². The van der Waals surface area contributed by atoms with E-state index in [1.807, 2.05) is 6.07 Å². The number of esters is 1. The number of rotatable bonds is 3. The molecular formula is C14H9ClN2O3. The molecule has 0 saturated carbocycles. The second kappa shape index (κ2) is 6.04. The third-order valence-electron chi connectivity index (χ3n) is 2.55. The quantitative estimate of drug-likeness (QED) is 0.878. The van der Waals surface area contributed by atoms with E-state index >= 15 is 0 Å². The van der Waals surface area contributed by atoms with Gasteiger partial charge in [0.25, 0.3) is 5.56 Å². The first-order chi connectivity index (χ1) is 9.60. The number of pyridine rings is 1. The molecule has 0 amide bonds. The van der Waals surface area contributed by atoms with E-state index in [0.29, 0.717) is 5.56 Å². The van der Waals surface area contributed by atoms with E-state index in [9.17, 15) is 9.59 Å². The van der Waals surface area contributed by atoms with Crippen LogP contribution in [-0.4, -0.2) is 11.0 Å². The van der Waals surface area contributed by atoms with Crippen molar-refractivity contribution in [2.75, 3.05) is 0 Å². The van der Waals surface area contributed by atoms with Crippen LogP contribution in [0.5, 0.6) is 0 Å². The Morgan fingerprint density at radius 1 is 1.35 bits per heavy atom.